The average molecular weight is 228 g/mol. The number of hydrogen-bond donors (Lipinski definition) is 1. The van der Waals surface area contributed by atoms with E-state index < -0.39 is 5.97 Å². The van der Waals surface area contributed by atoms with E-state index in [1.165, 1.54) is 25.9 Å². The molecule has 16 heavy (non-hydrogen) atoms. The Hall–Kier alpha value is -0.610. The Morgan fingerprint density at radius 2 is 1.75 bits per heavy atom. The van der Waals surface area contributed by atoms with Gasteiger partial charge in [0, 0.05) is 13.1 Å². The zero-order valence-corrected chi connectivity index (χ0v) is 10.7. The molecule has 0 saturated carbocycles. The zero-order valence-electron chi connectivity index (χ0n) is 10.7. The van der Waals surface area contributed by atoms with Crippen molar-refractivity contribution in [1.29, 1.82) is 0 Å². The summed E-state index contributed by atoms with van der Waals surface area (Å²) in [7, 11) is 2.15. The Morgan fingerprint density at radius 3 is 2.19 bits per heavy atom. The van der Waals surface area contributed by atoms with Gasteiger partial charge >= 0.3 is 5.97 Å². The van der Waals surface area contributed by atoms with Crippen molar-refractivity contribution in [2.75, 3.05) is 39.8 Å². The number of carboxylic acids is 1. The predicted octanol–water partition coefficient (Wildman–Crippen LogP) is 1.12. The summed E-state index contributed by atoms with van der Waals surface area (Å²) >= 11 is 0. The van der Waals surface area contributed by atoms with Crippen LogP contribution in [-0.4, -0.2) is 60.6 Å². The SMILES string of the molecule is CC.CN1CCC2(CC1)CN(CC(=O)O)C2. The fourth-order valence-corrected chi connectivity index (χ4v) is 2.61. The summed E-state index contributed by atoms with van der Waals surface area (Å²) in [5, 5.41) is 8.63. The minimum Gasteiger partial charge on any atom is -0.480 e. The average Bonchev–Trinajstić information content (AvgIpc) is 2.22. The van der Waals surface area contributed by atoms with Crippen molar-refractivity contribution in [3.63, 3.8) is 0 Å². The first kappa shape index (κ1) is 13.5. The monoisotopic (exact) mass is 228 g/mol. The molecule has 0 aromatic rings. The lowest BCUT2D eigenvalue weighted by Gasteiger charge is -2.53. The molecule has 1 N–H and O–H groups in total. The van der Waals surface area contributed by atoms with Crippen LogP contribution >= 0.6 is 0 Å². The Labute approximate surface area is 98.2 Å². The molecule has 2 rings (SSSR count). The highest BCUT2D eigenvalue weighted by atomic mass is 16.4. The van der Waals surface area contributed by atoms with Crippen molar-refractivity contribution in [2.45, 2.75) is 26.7 Å². The molecule has 94 valence electrons. The zero-order chi connectivity index (χ0) is 12.2. The molecule has 2 saturated heterocycles. The van der Waals surface area contributed by atoms with Crippen LogP contribution in [0, 0.1) is 5.41 Å². The minimum atomic E-state index is -0.701. The normalized spacial score (nSPS) is 24.4. The molecule has 0 amide bonds. The Morgan fingerprint density at radius 1 is 1.25 bits per heavy atom. The molecule has 4 nitrogen and oxygen atoms in total. The predicted molar refractivity (Wildman–Crippen MR) is 64.6 cm³/mol. The maximum absolute atomic E-state index is 10.5. The van der Waals surface area contributed by atoms with E-state index >= 15 is 0 Å². The van der Waals surface area contributed by atoms with Gasteiger partial charge in [-0.3, -0.25) is 9.69 Å². The summed E-state index contributed by atoms with van der Waals surface area (Å²) in [5.74, 6) is -0.701. The largest absolute Gasteiger partial charge is 0.480 e. The first-order valence-corrected chi connectivity index (χ1v) is 6.22. The molecule has 2 aliphatic rings. The van der Waals surface area contributed by atoms with Crippen LogP contribution in [0.5, 0.6) is 0 Å². The van der Waals surface area contributed by atoms with Gasteiger partial charge in [0.2, 0.25) is 0 Å². The molecule has 2 heterocycles. The van der Waals surface area contributed by atoms with Crippen LogP contribution in [0.4, 0.5) is 0 Å². The molecule has 0 radical (unpaired) electrons. The van der Waals surface area contributed by atoms with E-state index in [0.29, 0.717) is 5.41 Å². The van der Waals surface area contributed by atoms with Gasteiger partial charge in [-0.15, -0.1) is 0 Å². The highest BCUT2D eigenvalue weighted by molar-refractivity contribution is 5.69. The topological polar surface area (TPSA) is 43.8 Å². The molecule has 1 spiro atoms. The second kappa shape index (κ2) is 5.64. The molecule has 2 aliphatic heterocycles. The summed E-state index contributed by atoms with van der Waals surface area (Å²) < 4.78 is 0. The number of nitrogens with zero attached hydrogens (tertiary/aromatic N) is 2. The molecule has 0 atom stereocenters. The van der Waals surface area contributed by atoms with Gasteiger partial charge in [0.15, 0.2) is 0 Å². The molecule has 0 unspecified atom stereocenters. The smallest absolute Gasteiger partial charge is 0.317 e. The molecule has 2 fully saturated rings. The van der Waals surface area contributed by atoms with E-state index in [0.717, 1.165) is 13.1 Å². The summed E-state index contributed by atoms with van der Waals surface area (Å²) in [6.07, 6.45) is 2.47. The molecular formula is C12H24N2O2. The fourth-order valence-electron chi connectivity index (χ4n) is 2.61. The third kappa shape index (κ3) is 3.19. The van der Waals surface area contributed by atoms with Crippen LogP contribution in [-0.2, 0) is 4.79 Å². The van der Waals surface area contributed by atoms with Crippen molar-refractivity contribution in [3.05, 3.63) is 0 Å². The van der Waals surface area contributed by atoms with Crippen molar-refractivity contribution in [1.82, 2.24) is 9.80 Å². The van der Waals surface area contributed by atoms with E-state index in [2.05, 4.69) is 11.9 Å². The van der Waals surface area contributed by atoms with Crippen molar-refractivity contribution < 1.29 is 9.90 Å². The van der Waals surface area contributed by atoms with Gasteiger partial charge in [0.05, 0.1) is 6.54 Å². The summed E-state index contributed by atoms with van der Waals surface area (Å²) in [6, 6.07) is 0. The van der Waals surface area contributed by atoms with Crippen molar-refractivity contribution in [3.8, 4) is 0 Å². The van der Waals surface area contributed by atoms with Crippen LogP contribution in [0.25, 0.3) is 0 Å². The molecule has 0 bridgehead atoms. The summed E-state index contributed by atoms with van der Waals surface area (Å²) in [4.78, 5) is 14.9. The van der Waals surface area contributed by atoms with E-state index in [9.17, 15) is 4.79 Å². The molecular weight excluding hydrogens is 204 g/mol. The van der Waals surface area contributed by atoms with Crippen molar-refractivity contribution in [2.24, 2.45) is 5.41 Å². The number of likely N-dealkylation sites (tertiary alicyclic amines) is 2. The third-order valence-electron chi connectivity index (χ3n) is 3.52. The quantitative estimate of drug-likeness (QED) is 0.769. The second-order valence-electron chi connectivity index (χ2n) is 4.84. The molecule has 0 aromatic heterocycles. The maximum Gasteiger partial charge on any atom is 0.317 e. The number of hydrogen-bond acceptors (Lipinski definition) is 3. The number of rotatable bonds is 2. The van der Waals surface area contributed by atoms with Gasteiger partial charge in [0.1, 0.15) is 0 Å². The van der Waals surface area contributed by atoms with Crippen LogP contribution in [0.2, 0.25) is 0 Å². The van der Waals surface area contributed by atoms with Gasteiger partial charge in [-0.1, -0.05) is 13.8 Å². The highest BCUT2D eigenvalue weighted by Gasteiger charge is 2.44. The summed E-state index contributed by atoms with van der Waals surface area (Å²) in [6.45, 7) is 8.54. The van der Waals surface area contributed by atoms with Gasteiger partial charge in [-0.25, -0.2) is 0 Å². The van der Waals surface area contributed by atoms with Crippen LogP contribution in [0.15, 0.2) is 0 Å². The van der Waals surface area contributed by atoms with Crippen LogP contribution < -0.4 is 0 Å². The Bertz CT molecular complexity index is 227. The second-order valence-corrected chi connectivity index (χ2v) is 4.84. The van der Waals surface area contributed by atoms with Crippen LogP contribution in [0.3, 0.4) is 0 Å². The fraction of sp³-hybridized carbons (Fsp3) is 0.917. The Balaban J connectivity index is 0.000000606. The molecule has 0 aromatic carbocycles. The van der Waals surface area contributed by atoms with E-state index in [4.69, 9.17) is 5.11 Å². The molecule has 0 aliphatic carbocycles. The van der Waals surface area contributed by atoms with Gasteiger partial charge in [0.25, 0.3) is 0 Å². The lowest BCUT2D eigenvalue weighted by molar-refractivity contribution is -0.143. The lowest BCUT2D eigenvalue weighted by Crippen LogP contribution is -2.60. The third-order valence-corrected chi connectivity index (χ3v) is 3.52. The van der Waals surface area contributed by atoms with Gasteiger partial charge < -0.3 is 10.0 Å². The highest BCUT2D eigenvalue weighted by Crippen LogP contribution is 2.39. The van der Waals surface area contributed by atoms with Crippen molar-refractivity contribution >= 4 is 5.97 Å². The number of piperidine rings is 1. The van der Waals surface area contributed by atoms with Gasteiger partial charge in [-0.2, -0.15) is 0 Å². The van der Waals surface area contributed by atoms with E-state index in [-0.39, 0.29) is 6.54 Å². The first-order chi connectivity index (χ1) is 7.60. The first-order valence-electron chi connectivity index (χ1n) is 6.22. The Kier molecular flexibility index (Phi) is 4.74. The number of carbonyl (C=O) groups is 1. The minimum absolute atomic E-state index is 0.220. The number of carboxylic acid groups (broad SMARTS) is 1. The van der Waals surface area contributed by atoms with Crippen LogP contribution in [0.1, 0.15) is 26.7 Å². The summed E-state index contributed by atoms with van der Waals surface area (Å²) in [5.41, 5.74) is 0.460. The lowest BCUT2D eigenvalue weighted by atomic mass is 9.72. The molecule has 4 heteroatoms. The standard InChI is InChI=1S/C10H18N2O2.C2H6/c1-11-4-2-10(3-5-11)7-12(8-10)6-9(13)14;1-2/h2-8H2,1H3,(H,13,14);1-2H3. The number of aliphatic carboxylic acids is 1. The van der Waals surface area contributed by atoms with E-state index in [1.54, 1.807) is 0 Å². The van der Waals surface area contributed by atoms with E-state index in [1.807, 2.05) is 18.7 Å². The van der Waals surface area contributed by atoms with Gasteiger partial charge in [-0.05, 0) is 38.4 Å². The maximum atomic E-state index is 10.5.